The summed E-state index contributed by atoms with van der Waals surface area (Å²) in [7, 11) is 0. The predicted octanol–water partition coefficient (Wildman–Crippen LogP) is 3.41. The Balaban J connectivity index is 1.92. The lowest BCUT2D eigenvalue weighted by Gasteiger charge is -2.18. The van der Waals surface area contributed by atoms with Gasteiger partial charge in [0.1, 0.15) is 5.00 Å². The minimum Gasteiger partial charge on any atom is -0.299 e. The Hall–Kier alpha value is -2.67. The molecule has 0 saturated heterocycles. The Kier molecular flexibility index (Phi) is 4.38. The van der Waals surface area contributed by atoms with Crippen molar-refractivity contribution >= 4 is 22.2 Å². The van der Waals surface area contributed by atoms with Gasteiger partial charge in [0.05, 0.1) is 24.1 Å². The second-order valence-electron chi connectivity index (χ2n) is 4.69. The van der Waals surface area contributed by atoms with Crippen molar-refractivity contribution in [3.63, 3.8) is 0 Å². The average molecular weight is 328 g/mol. The van der Waals surface area contributed by atoms with Crippen LogP contribution in [0.2, 0.25) is 0 Å². The number of nitrogens with zero attached hydrogens (tertiary/aromatic N) is 4. The summed E-state index contributed by atoms with van der Waals surface area (Å²) in [6.07, 6.45) is 3.87. The third kappa shape index (κ3) is 3.24. The Morgan fingerprint density at radius 3 is 2.70 bits per heavy atom. The first-order valence-corrected chi connectivity index (χ1v) is 7.85. The summed E-state index contributed by atoms with van der Waals surface area (Å²) in [5.74, 6) is -0.245. The summed E-state index contributed by atoms with van der Waals surface area (Å²) in [5.41, 5.74) is 2.87. The molecule has 0 saturated carbocycles. The van der Waals surface area contributed by atoms with Crippen molar-refractivity contribution in [3.05, 3.63) is 59.7 Å². The monoisotopic (exact) mass is 328 g/mol. The van der Waals surface area contributed by atoms with Gasteiger partial charge in [-0.3, -0.25) is 14.7 Å². The van der Waals surface area contributed by atoms with E-state index < -0.39 is 5.82 Å². The number of halogens is 1. The zero-order valence-corrected chi connectivity index (χ0v) is 13.1. The van der Waals surface area contributed by atoms with Crippen LogP contribution < -0.4 is 4.90 Å². The molecule has 0 unspecified atom stereocenters. The number of thiazole rings is 1. The van der Waals surface area contributed by atoms with E-state index in [1.165, 1.54) is 11.3 Å². The Morgan fingerprint density at radius 2 is 2.04 bits per heavy atom. The van der Waals surface area contributed by atoms with Crippen LogP contribution in [0.4, 0.5) is 9.39 Å². The Labute approximate surface area is 136 Å². The summed E-state index contributed by atoms with van der Waals surface area (Å²) >= 11 is 1.41. The van der Waals surface area contributed by atoms with Crippen LogP contribution in [0.5, 0.6) is 0 Å². The van der Waals surface area contributed by atoms with E-state index in [0.717, 1.165) is 17.4 Å². The van der Waals surface area contributed by atoms with Gasteiger partial charge in [0.2, 0.25) is 0 Å². The molecule has 1 aromatic carbocycles. The van der Waals surface area contributed by atoms with Gasteiger partial charge in [-0.1, -0.05) is 12.1 Å². The van der Waals surface area contributed by atoms with E-state index in [4.69, 9.17) is 0 Å². The van der Waals surface area contributed by atoms with Crippen LogP contribution in [0.1, 0.15) is 17.3 Å². The minimum atomic E-state index is -0.497. The smallest absolute Gasteiger partial charge is 0.258 e. The van der Waals surface area contributed by atoms with Gasteiger partial charge in [-0.05, 0) is 19.1 Å². The van der Waals surface area contributed by atoms with Crippen LogP contribution in [0.25, 0.3) is 11.4 Å². The first-order chi connectivity index (χ1) is 11.2. The van der Waals surface area contributed by atoms with Gasteiger partial charge in [-0.25, -0.2) is 14.4 Å². The van der Waals surface area contributed by atoms with E-state index in [1.807, 2.05) is 6.92 Å². The lowest BCUT2D eigenvalue weighted by molar-refractivity contribution is 0.0989. The van der Waals surface area contributed by atoms with E-state index >= 15 is 0 Å². The molecule has 0 bridgehead atoms. The van der Waals surface area contributed by atoms with Crippen LogP contribution in [-0.4, -0.2) is 27.4 Å². The van der Waals surface area contributed by atoms with E-state index in [1.54, 1.807) is 40.9 Å². The molecule has 0 atom stereocenters. The standard InChI is InChI=1S/C16H13FN4OS/c1-2-21(14-9-18-10-23-14)16(22)12-5-3-4-11(6-12)15-19-7-13(17)8-20-15/h3-10H,2H2,1H3. The highest BCUT2D eigenvalue weighted by Gasteiger charge is 2.18. The number of carbonyl (C=O) groups excluding carboxylic acids is 1. The van der Waals surface area contributed by atoms with Gasteiger partial charge in [0.25, 0.3) is 5.91 Å². The molecular formula is C16H13FN4OS. The fourth-order valence-corrected chi connectivity index (χ4v) is 2.84. The van der Waals surface area contributed by atoms with Crippen LogP contribution in [0.15, 0.2) is 48.4 Å². The number of amides is 1. The van der Waals surface area contributed by atoms with E-state index in [2.05, 4.69) is 15.0 Å². The summed E-state index contributed by atoms with van der Waals surface area (Å²) in [4.78, 5) is 26.3. The molecule has 2 aromatic heterocycles. The molecule has 0 radical (unpaired) electrons. The van der Waals surface area contributed by atoms with E-state index in [9.17, 15) is 9.18 Å². The van der Waals surface area contributed by atoms with Crippen molar-refractivity contribution in [1.82, 2.24) is 15.0 Å². The second-order valence-corrected chi connectivity index (χ2v) is 5.56. The van der Waals surface area contributed by atoms with Gasteiger partial charge < -0.3 is 0 Å². The highest BCUT2D eigenvalue weighted by atomic mass is 32.1. The number of hydrogen-bond donors (Lipinski definition) is 0. The molecule has 0 spiro atoms. The molecule has 3 aromatic rings. The lowest BCUT2D eigenvalue weighted by Crippen LogP contribution is -2.29. The molecule has 0 N–H and O–H groups in total. The topological polar surface area (TPSA) is 59.0 Å². The van der Waals surface area contributed by atoms with Crippen LogP contribution in [0.3, 0.4) is 0 Å². The fourth-order valence-electron chi connectivity index (χ4n) is 2.15. The maximum Gasteiger partial charge on any atom is 0.258 e. The molecule has 2 heterocycles. The molecule has 0 aliphatic carbocycles. The number of hydrogen-bond acceptors (Lipinski definition) is 5. The summed E-state index contributed by atoms with van der Waals surface area (Å²) in [5, 5.41) is 0.793. The Bertz CT molecular complexity index is 805. The molecule has 3 rings (SSSR count). The molecule has 0 fully saturated rings. The SMILES string of the molecule is CCN(C(=O)c1cccc(-c2ncc(F)cn2)c1)c1cncs1. The van der Waals surface area contributed by atoms with Crippen LogP contribution in [-0.2, 0) is 0 Å². The predicted molar refractivity (Wildman–Crippen MR) is 86.9 cm³/mol. The first kappa shape index (κ1) is 15.2. The molecule has 0 aliphatic heterocycles. The molecule has 7 heteroatoms. The van der Waals surface area contributed by atoms with Gasteiger partial charge in [0, 0.05) is 17.7 Å². The molecular weight excluding hydrogens is 315 g/mol. The zero-order valence-electron chi connectivity index (χ0n) is 12.3. The summed E-state index contributed by atoms with van der Waals surface area (Å²) in [6, 6.07) is 6.99. The van der Waals surface area contributed by atoms with Crippen molar-refractivity contribution in [1.29, 1.82) is 0 Å². The van der Waals surface area contributed by atoms with Crippen molar-refractivity contribution in [2.24, 2.45) is 0 Å². The molecule has 1 amide bonds. The highest BCUT2D eigenvalue weighted by Crippen LogP contribution is 2.23. The van der Waals surface area contributed by atoms with Crippen molar-refractivity contribution in [3.8, 4) is 11.4 Å². The number of anilines is 1. The third-order valence-corrected chi connectivity index (χ3v) is 4.03. The Morgan fingerprint density at radius 1 is 1.26 bits per heavy atom. The third-order valence-electron chi connectivity index (χ3n) is 3.23. The zero-order chi connectivity index (χ0) is 16.2. The number of rotatable bonds is 4. The number of aromatic nitrogens is 3. The fraction of sp³-hybridized carbons (Fsp3) is 0.125. The van der Waals surface area contributed by atoms with Gasteiger partial charge >= 0.3 is 0 Å². The van der Waals surface area contributed by atoms with Crippen molar-refractivity contribution < 1.29 is 9.18 Å². The largest absolute Gasteiger partial charge is 0.299 e. The molecule has 0 aliphatic rings. The summed E-state index contributed by atoms with van der Waals surface area (Å²) in [6.45, 7) is 2.45. The lowest BCUT2D eigenvalue weighted by atomic mass is 10.1. The maximum absolute atomic E-state index is 12.9. The van der Waals surface area contributed by atoms with Crippen molar-refractivity contribution in [2.75, 3.05) is 11.4 Å². The van der Waals surface area contributed by atoms with Gasteiger partial charge in [-0.15, -0.1) is 11.3 Å². The van der Waals surface area contributed by atoms with E-state index in [0.29, 0.717) is 23.5 Å². The molecule has 23 heavy (non-hydrogen) atoms. The number of benzene rings is 1. The maximum atomic E-state index is 12.9. The number of carbonyl (C=O) groups is 1. The van der Waals surface area contributed by atoms with E-state index in [-0.39, 0.29) is 5.91 Å². The van der Waals surface area contributed by atoms with Crippen molar-refractivity contribution in [2.45, 2.75) is 6.92 Å². The van der Waals surface area contributed by atoms with Gasteiger partial charge in [0.15, 0.2) is 11.6 Å². The van der Waals surface area contributed by atoms with Crippen LogP contribution >= 0.6 is 11.3 Å². The minimum absolute atomic E-state index is 0.124. The quantitative estimate of drug-likeness (QED) is 0.736. The van der Waals surface area contributed by atoms with Crippen LogP contribution in [0, 0.1) is 5.82 Å². The average Bonchev–Trinajstić information content (AvgIpc) is 3.10. The van der Waals surface area contributed by atoms with Gasteiger partial charge in [-0.2, -0.15) is 0 Å². The normalized spacial score (nSPS) is 10.5. The molecule has 5 nitrogen and oxygen atoms in total. The highest BCUT2D eigenvalue weighted by molar-refractivity contribution is 7.14. The molecule has 116 valence electrons. The second kappa shape index (κ2) is 6.62. The summed E-state index contributed by atoms with van der Waals surface area (Å²) < 4.78 is 12.9. The first-order valence-electron chi connectivity index (χ1n) is 6.97.